The van der Waals surface area contributed by atoms with E-state index >= 15 is 0 Å². The standard InChI is InChI=1S/C19H16BrN5O/c1-12-16(18(26)24-15-5-3-2-4-6-15)17(13-7-9-14(20)10-8-13)25-19(23-12)21-11-22-25/h2-11,17H,1H3,(H,24,26)(H,21,22,23). The van der Waals surface area contributed by atoms with E-state index in [1.165, 1.54) is 6.33 Å². The first-order valence-corrected chi connectivity index (χ1v) is 8.92. The molecule has 26 heavy (non-hydrogen) atoms. The number of hydrogen-bond acceptors (Lipinski definition) is 4. The molecule has 2 N–H and O–H groups in total. The van der Waals surface area contributed by atoms with E-state index < -0.39 is 0 Å². The van der Waals surface area contributed by atoms with Crippen molar-refractivity contribution in [2.75, 3.05) is 10.6 Å². The zero-order chi connectivity index (χ0) is 18.1. The number of carbonyl (C=O) groups excluding carboxylic acids is 1. The van der Waals surface area contributed by atoms with Gasteiger partial charge in [-0.2, -0.15) is 10.1 Å². The number of halogens is 1. The molecule has 0 saturated heterocycles. The van der Waals surface area contributed by atoms with Crippen molar-refractivity contribution < 1.29 is 4.79 Å². The molecule has 7 heteroatoms. The highest BCUT2D eigenvalue weighted by atomic mass is 79.9. The van der Waals surface area contributed by atoms with Gasteiger partial charge in [0.15, 0.2) is 0 Å². The molecule has 1 aromatic heterocycles. The lowest BCUT2D eigenvalue weighted by Crippen LogP contribution is -2.31. The lowest BCUT2D eigenvalue weighted by Gasteiger charge is -2.28. The van der Waals surface area contributed by atoms with Crippen LogP contribution in [0, 0.1) is 0 Å². The largest absolute Gasteiger partial charge is 0.328 e. The number of amides is 1. The van der Waals surface area contributed by atoms with E-state index in [0.717, 1.165) is 21.4 Å². The van der Waals surface area contributed by atoms with E-state index in [4.69, 9.17) is 0 Å². The summed E-state index contributed by atoms with van der Waals surface area (Å²) in [5, 5.41) is 10.5. The Labute approximate surface area is 159 Å². The van der Waals surface area contributed by atoms with Crippen molar-refractivity contribution in [3.8, 4) is 0 Å². The number of benzene rings is 2. The van der Waals surface area contributed by atoms with Crippen LogP contribution in [0.3, 0.4) is 0 Å². The van der Waals surface area contributed by atoms with Crippen LogP contribution in [0.2, 0.25) is 0 Å². The minimum Gasteiger partial charge on any atom is -0.328 e. The van der Waals surface area contributed by atoms with Crippen molar-refractivity contribution in [2.24, 2.45) is 0 Å². The minimum absolute atomic E-state index is 0.171. The van der Waals surface area contributed by atoms with Gasteiger partial charge in [-0.25, -0.2) is 4.68 Å². The molecule has 130 valence electrons. The highest BCUT2D eigenvalue weighted by Crippen LogP contribution is 2.35. The number of para-hydroxylation sites is 1. The zero-order valence-corrected chi connectivity index (χ0v) is 15.6. The van der Waals surface area contributed by atoms with E-state index in [1.54, 1.807) is 4.68 Å². The third-order valence-corrected chi connectivity index (χ3v) is 4.79. The van der Waals surface area contributed by atoms with Gasteiger partial charge in [0.1, 0.15) is 12.4 Å². The summed E-state index contributed by atoms with van der Waals surface area (Å²) in [6.45, 7) is 1.88. The van der Waals surface area contributed by atoms with E-state index in [2.05, 4.69) is 36.6 Å². The SMILES string of the molecule is CC1=C(C(=O)Nc2ccccc2)C(c2ccc(Br)cc2)n2ncnc2N1. The molecule has 0 aliphatic carbocycles. The number of anilines is 2. The Morgan fingerprint density at radius 1 is 1.15 bits per heavy atom. The molecule has 0 saturated carbocycles. The lowest BCUT2D eigenvalue weighted by atomic mass is 9.95. The van der Waals surface area contributed by atoms with Gasteiger partial charge in [0.05, 0.1) is 5.57 Å². The number of nitrogens with one attached hydrogen (secondary N) is 2. The van der Waals surface area contributed by atoms with Crippen molar-refractivity contribution in [2.45, 2.75) is 13.0 Å². The molecule has 1 atom stereocenters. The number of hydrogen-bond donors (Lipinski definition) is 2. The topological polar surface area (TPSA) is 71.8 Å². The summed E-state index contributed by atoms with van der Waals surface area (Å²) in [5.41, 5.74) is 3.07. The van der Waals surface area contributed by atoms with Crippen LogP contribution in [-0.2, 0) is 4.79 Å². The maximum atomic E-state index is 13.1. The van der Waals surface area contributed by atoms with Gasteiger partial charge in [-0.05, 0) is 36.8 Å². The molecule has 2 aromatic carbocycles. The first kappa shape index (κ1) is 16.5. The first-order chi connectivity index (χ1) is 12.6. The summed E-state index contributed by atoms with van der Waals surface area (Å²) in [6, 6.07) is 16.9. The molecule has 0 bridgehead atoms. The van der Waals surface area contributed by atoms with Crippen molar-refractivity contribution in [1.29, 1.82) is 0 Å². The Hall–Kier alpha value is -2.93. The molecule has 0 radical (unpaired) electrons. The Bertz CT molecular complexity index is 979. The van der Waals surface area contributed by atoms with Crippen molar-refractivity contribution in [3.63, 3.8) is 0 Å². The number of fused-ring (bicyclic) bond motifs is 1. The fraction of sp³-hybridized carbons (Fsp3) is 0.105. The van der Waals surface area contributed by atoms with Gasteiger partial charge >= 0.3 is 0 Å². The second-order valence-electron chi connectivity index (χ2n) is 5.97. The molecular weight excluding hydrogens is 394 g/mol. The molecule has 3 aromatic rings. The Morgan fingerprint density at radius 3 is 2.62 bits per heavy atom. The smallest absolute Gasteiger partial charge is 0.255 e. The van der Waals surface area contributed by atoms with E-state index in [1.807, 2.05) is 61.5 Å². The van der Waals surface area contributed by atoms with Gasteiger partial charge in [0.25, 0.3) is 5.91 Å². The molecule has 0 spiro atoms. The molecule has 1 aliphatic rings. The second kappa shape index (κ2) is 6.76. The fourth-order valence-corrected chi connectivity index (χ4v) is 3.32. The highest BCUT2D eigenvalue weighted by Gasteiger charge is 2.33. The minimum atomic E-state index is -0.356. The predicted molar refractivity (Wildman–Crippen MR) is 104 cm³/mol. The Balaban J connectivity index is 1.77. The number of rotatable bonds is 3. The summed E-state index contributed by atoms with van der Waals surface area (Å²) >= 11 is 3.46. The molecule has 4 rings (SSSR count). The lowest BCUT2D eigenvalue weighted by molar-refractivity contribution is -0.113. The summed E-state index contributed by atoms with van der Waals surface area (Å²) < 4.78 is 2.71. The molecule has 1 amide bonds. The van der Waals surface area contributed by atoms with Crippen LogP contribution in [0.1, 0.15) is 18.5 Å². The number of nitrogens with zero attached hydrogens (tertiary/aromatic N) is 3. The molecule has 1 unspecified atom stereocenters. The van der Waals surface area contributed by atoms with Crippen molar-refractivity contribution in [1.82, 2.24) is 14.8 Å². The monoisotopic (exact) mass is 409 g/mol. The summed E-state index contributed by atoms with van der Waals surface area (Å²) in [5.74, 6) is 0.446. The number of carbonyl (C=O) groups is 1. The van der Waals surface area contributed by atoms with Crippen LogP contribution in [-0.4, -0.2) is 20.7 Å². The average molecular weight is 410 g/mol. The van der Waals surface area contributed by atoms with Gasteiger partial charge in [-0.1, -0.05) is 46.3 Å². The second-order valence-corrected chi connectivity index (χ2v) is 6.88. The summed E-state index contributed by atoms with van der Waals surface area (Å²) in [7, 11) is 0. The third kappa shape index (κ3) is 3.01. The average Bonchev–Trinajstić information content (AvgIpc) is 3.10. The van der Waals surface area contributed by atoms with Crippen molar-refractivity contribution >= 4 is 33.5 Å². The molecule has 2 heterocycles. The van der Waals surface area contributed by atoms with Crippen molar-refractivity contribution in [3.05, 3.63) is 82.2 Å². The molecule has 1 aliphatic heterocycles. The zero-order valence-electron chi connectivity index (χ0n) is 14.0. The van der Waals surface area contributed by atoms with E-state index in [-0.39, 0.29) is 11.9 Å². The quantitative estimate of drug-likeness (QED) is 0.686. The molecule has 0 fully saturated rings. The van der Waals surface area contributed by atoms with Gasteiger partial charge in [-0.3, -0.25) is 4.79 Å². The van der Waals surface area contributed by atoms with Crippen LogP contribution in [0.4, 0.5) is 11.6 Å². The van der Waals surface area contributed by atoms with Gasteiger partial charge in [0.2, 0.25) is 5.95 Å². The van der Waals surface area contributed by atoms with Crippen LogP contribution < -0.4 is 10.6 Å². The first-order valence-electron chi connectivity index (χ1n) is 8.12. The Morgan fingerprint density at radius 2 is 1.88 bits per heavy atom. The van der Waals surface area contributed by atoms with E-state index in [0.29, 0.717) is 11.5 Å². The maximum absolute atomic E-state index is 13.1. The summed E-state index contributed by atoms with van der Waals surface area (Å²) in [4.78, 5) is 17.3. The predicted octanol–water partition coefficient (Wildman–Crippen LogP) is 3.97. The van der Waals surface area contributed by atoms with Crippen LogP contribution in [0.5, 0.6) is 0 Å². The van der Waals surface area contributed by atoms with E-state index in [9.17, 15) is 4.79 Å². The number of aromatic nitrogens is 3. The fourth-order valence-electron chi connectivity index (χ4n) is 3.06. The van der Waals surface area contributed by atoms with Gasteiger partial charge in [0, 0.05) is 15.9 Å². The summed E-state index contributed by atoms with van der Waals surface area (Å²) in [6.07, 6.45) is 1.49. The maximum Gasteiger partial charge on any atom is 0.255 e. The van der Waals surface area contributed by atoms with Gasteiger partial charge < -0.3 is 10.6 Å². The third-order valence-electron chi connectivity index (χ3n) is 4.26. The van der Waals surface area contributed by atoms with Gasteiger partial charge in [-0.15, -0.1) is 0 Å². The van der Waals surface area contributed by atoms with Crippen LogP contribution in [0.15, 0.2) is 76.7 Å². The normalized spacial score (nSPS) is 16.0. The Kier molecular flexibility index (Phi) is 4.30. The molecule has 6 nitrogen and oxygen atoms in total. The van der Waals surface area contributed by atoms with Crippen LogP contribution >= 0.6 is 15.9 Å². The highest BCUT2D eigenvalue weighted by molar-refractivity contribution is 9.10. The van der Waals surface area contributed by atoms with Crippen LogP contribution in [0.25, 0.3) is 0 Å². The molecular formula is C19H16BrN5O. The number of allylic oxidation sites excluding steroid dienone is 1.